The molecule has 0 saturated carbocycles. The number of aromatic amines is 1. The molecule has 0 unspecified atom stereocenters. The molecule has 0 aliphatic carbocycles. The third-order valence-electron chi connectivity index (χ3n) is 3.50. The van der Waals surface area contributed by atoms with Crippen molar-refractivity contribution in [3.63, 3.8) is 0 Å². The number of carbonyl (C=O) groups excluding carboxylic acids is 1. The van der Waals surface area contributed by atoms with Gasteiger partial charge in [-0.1, -0.05) is 12.1 Å². The summed E-state index contributed by atoms with van der Waals surface area (Å²) in [6, 6.07) is 10.6. The summed E-state index contributed by atoms with van der Waals surface area (Å²) in [4.78, 5) is 31.0. The van der Waals surface area contributed by atoms with Gasteiger partial charge in [0, 0.05) is 36.4 Å². The summed E-state index contributed by atoms with van der Waals surface area (Å²) in [6.07, 6.45) is 3.57. The number of pyridine rings is 1. The van der Waals surface area contributed by atoms with Crippen LogP contribution in [0, 0.1) is 6.92 Å². The number of hydrogen-bond acceptors (Lipinski definition) is 3. The minimum Gasteiger partial charge on any atom is -0.334 e. The van der Waals surface area contributed by atoms with Crippen molar-refractivity contribution >= 4 is 11.6 Å². The van der Waals surface area contributed by atoms with Crippen LogP contribution in [-0.4, -0.2) is 20.4 Å². The Balaban J connectivity index is 1.87. The van der Waals surface area contributed by atoms with Crippen LogP contribution in [0.25, 0.3) is 11.4 Å². The molecule has 116 valence electrons. The summed E-state index contributed by atoms with van der Waals surface area (Å²) in [5.74, 6) is 0.359. The number of H-pyrrole nitrogens is 1. The van der Waals surface area contributed by atoms with Gasteiger partial charge in [0.1, 0.15) is 11.4 Å². The monoisotopic (exact) mass is 308 g/mol. The number of nitrogens with zero attached hydrogens (tertiary/aromatic N) is 2. The largest absolute Gasteiger partial charge is 0.334 e. The number of nitrogens with one attached hydrogen (secondary N) is 2. The Labute approximate surface area is 132 Å². The molecule has 1 aromatic carbocycles. The lowest BCUT2D eigenvalue weighted by atomic mass is 10.1. The first-order chi connectivity index (χ1) is 11.0. The molecule has 2 N–H and O–H groups in total. The Kier molecular flexibility index (Phi) is 3.80. The second kappa shape index (κ2) is 5.92. The molecule has 6 nitrogen and oxygen atoms in total. The predicted molar refractivity (Wildman–Crippen MR) is 88.4 cm³/mol. The van der Waals surface area contributed by atoms with Crippen molar-refractivity contribution in [1.29, 1.82) is 0 Å². The van der Waals surface area contributed by atoms with Crippen LogP contribution in [0.15, 0.2) is 53.6 Å². The molecule has 0 atom stereocenters. The van der Waals surface area contributed by atoms with Crippen molar-refractivity contribution in [3.05, 3.63) is 70.4 Å². The SMILES string of the molecule is Cc1ccc(C(=O)Nc2cccc(-c3nccn3C)c2)c(=O)[nH]1. The quantitative estimate of drug-likeness (QED) is 0.779. The van der Waals surface area contributed by atoms with E-state index in [9.17, 15) is 9.59 Å². The van der Waals surface area contributed by atoms with Crippen molar-refractivity contribution in [1.82, 2.24) is 14.5 Å². The highest BCUT2D eigenvalue weighted by Gasteiger charge is 2.11. The van der Waals surface area contributed by atoms with Crippen molar-refractivity contribution in [2.45, 2.75) is 6.92 Å². The summed E-state index contributed by atoms with van der Waals surface area (Å²) in [7, 11) is 1.90. The topological polar surface area (TPSA) is 79.8 Å². The number of imidazole rings is 1. The number of rotatable bonds is 3. The van der Waals surface area contributed by atoms with E-state index in [1.165, 1.54) is 6.07 Å². The molecule has 0 saturated heterocycles. The fourth-order valence-electron chi connectivity index (χ4n) is 2.33. The Hall–Kier alpha value is -3.15. The number of carbonyl (C=O) groups is 1. The van der Waals surface area contributed by atoms with E-state index in [0.717, 1.165) is 11.4 Å². The van der Waals surface area contributed by atoms with Gasteiger partial charge >= 0.3 is 0 Å². The molecular formula is C17H16N4O2. The van der Waals surface area contributed by atoms with Gasteiger partial charge in [-0.25, -0.2) is 4.98 Å². The first kappa shape index (κ1) is 14.8. The highest BCUT2D eigenvalue weighted by molar-refractivity contribution is 6.04. The van der Waals surface area contributed by atoms with E-state index in [1.54, 1.807) is 25.3 Å². The Morgan fingerprint density at radius 3 is 2.78 bits per heavy atom. The fourth-order valence-corrected chi connectivity index (χ4v) is 2.33. The number of benzene rings is 1. The van der Waals surface area contributed by atoms with Gasteiger partial charge in [0.2, 0.25) is 0 Å². The fraction of sp³-hybridized carbons (Fsp3) is 0.118. The van der Waals surface area contributed by atoms with Crippen molar-refractivity contribution < 1.29 is 4.79 Å². The number of amides is 1. The van der Waals surface area contributed by atoms with Crippen LogP contribution in [0.2, 0.25) is 0 Å². The average Bonchev–Trinajstić information content (AvgIpc) is 2.93. The van der Waals surface area contributed by atoms with Crippen molar-refractivity contribution in [2.75, 3.05) is 5.32 Å². The third kappa shape index (κ3) is 3.06. The summed E-state index contributed by atoms with van der Waals surface area (Å²) in [5.41, 5.74) is 1.88. The second-order valence-corrected chi connectivity index (χ2v) is 5.28. The third-order valence-corrected chi connectivity index (χ3v) is 3.50. The Bertz CT molecular complexity index is 924. The second-order valence-electron chi connectivity index (χ2n) is 5.28. The van der Waals surface area contributed by atoms with Crippen molar-refractivity contribution in [2.24, 2.45) is 7.05 Å². The lowest BCUT2D eigenvalue weighted by molar-refractivity contribution is 0.102. The van der Waals surface area contributed by atoms with Gasteiger partial charge in [-0.15, -0.1) is 0 Å². The van der Waals surface area contributed by atoms with E-state index in [2.05, 4.69) is 15.3 Å². The maximum Gasteiger partial charge on any atom is 0.261 e. The first-order valence-corrected chi connectivity index (χ1v) is 7.13. The number of anilines is 1. The number of aryl methyl sites for hydroxylation is 2. The highest BCUT2D eigenvalue weighted by atomic mass is 16.2. The minimum absolute atomic E-state index is 0.0815. The molecule has 3 aromatic rings. The lowest BCUT2D eigenvalue weighted by Crippen LogP contribution is -2.23. The van der Waals surface area contributed by atoms with E-state index in [1.807, 2.05) is 36.0 Å². The number of hydrogen-bond donors (Lipinski definition) is 2. The standard InChI is InChI=1S/C17H16N4O2/c1-11-6-7-14(16(22)19-11)17(23)20-13-5-3-4-12(10-13)15-18-8-9-21(15)2/h3-10H,1-2H3,(H,19,22)(H,20,23). The average molecular weight is 308 g/mol. The maximum atomic E-state index is 12.3. The van der Waals surface area contributed by atoms with E-state index < -0.39 is 11.5 Å². The zero-order chi connectivity index (χ0) is 16.4. The predicted octanol–water partition coefficient (Wildman–Crippen LogP) is 2.34. The minimum atomic E-state index is -0.441. The van der Waals surface area contributed by atoms with Gasteiger partial charge < -0.3 is 14.9 Å². The van der Waals surface area contributed by atoms with Crippen LogP contribution in [0.3, 0.4) is 0 Å². The molecule has 2 heterocycles. The summed E-state index contributed by atoms with van der Waals surface area (Å²) in [5, 5.41) is 2.74. The van der Waals surface area contributed by atoms with Crippen LogP contribution in [0.5, 0.6) is 0 Å². The number of aromatic nitrogens is 3. The van der Waals surface area contributed by atoms with Crippen molar-refractivity contribution in [3.8, 4) is 11.4 Å². The molecule has 6 heteroatoms. The van der Waals surface area contributed by atoms with Gasteiger partial charge in [-0.2, -0.15) is 0 Å². The smallest absolute Gasteiger partial charge is 0.261 e. The van der Waals surface area contributed by atoms with E-state index in [-0.39, 0.29) is 5.56 Å². The first-order valence-electron chi connectivity index (χ1n) is 7.13. The van der Waals surface area contributed by atoms with Gasteiger partial charge in [0.15, 0.2) is 0 Å². The maximum absolute atomic E-state index is 12.3. The lowest BCUT2D eigenvalue weighted by Gasteiger charge is -2.07. The molecule has 3 rings (SSSR count). The molecule has 0 aliphatic rings. The Morgan fingerprint density at radius 2 is 2.09 bits per heavy atom. The van der Waals surface area contributed by atoms with Gasteiger partial charge in [0.05, 0.1) is 0 Å². The summed E-state index contributed by atoms with van der Waals surface area (Å²) >= 11 is 0. The van der Waals surface area contributed by atoms with E-state index in [4.69, 9.17) is 0 Å². The highest BCUT2D eigenvalue weighted by Crippen LogP contribution is 2.20. The Morgan fingerprint density at radius 1 is 1.26 bits per heavy atom. The zero-order valence-corrected chi connectivity index (χ0v) is 12.8. The summed E-state index contributed by atoms with van der Waals surface area (Å²) in [6.45, 7) is 1.76. The van der Waals surface area contributed by atoms with Crippen LogP contribution < -0.4 is 10.9 Å². The molecule has 23 heavy (non-hydrogen) atoms. The summed E-state index contributed by atoms with van der Waals surface area (Å²) < 4.78 is 1.89. The van der Waals surface area contributed by atoms with Gasteiger partial charge in [-0.05, 0) is 31.2 Å². The van der Waals surface area contributed by atoms with Crippen LogP contribution in [0.1, 0.15) is 16.1 Å². The molecule has 1 amide bonds. The zero-order valence-electron chi connectivity index (χ0n) is 12.8. The van der Waals surface area contributed by atoms with E-state index in [0.29, 0.717) is 11.4 Å². The van der Waals surface area contributed by atoms with Gasteiger partial charge in [-0.3, -0.25) is 9.59 Å². The normalized spacial score (nSPS) is 10.5. The molecule has 0 bridgehead atoms. The van der Waals surface area contributed by atoms with E-state index >= 15 is 0 Å². The van der Waals surface area contributed by atoms with Crippen LogP contribution in [0.4, 0.5) is 5.69 Å². The molecule has 0 radical (unpaired) electrons. The molecular weight excluding hydrogens is 292 g/mol. The molecule has 0 aliphatic heterocycles. The molecule has 0 spiro atoms. The molecule has 2 aromatic heterocycles. The van der Waals surface area contributed by atoms with Gasteiger partial charge in [0.25, 0.3) is 11.5 Å². The van der Waals surface area contributed by atoms with Crippen LogP contribution >= 0.6 is 0 Å². The molecule has 0 fully saturated rings. The van der Waals surface area contributed by atoms with Crippen LogP contribution in [-0.2, 0) is 7.05 Å².